The van der Waals surface area contributed by atoms with Gasteiger partial charge in [-0.2, -0.15) is 0 Å². The molecule has 0 saturated carbocycles. The highest BCUT2D eigenvalue weighted by Gasteiger charge is 2.56. The highest BCUT2D eigenvalue weighted by molar-refractivity contribution is 5.61. The molecule has 47 heavy (non-hydrogen) atoms. The van der Waals surface area contributed by atoms with Gasteiger partial charge in [-0.1, -0.05) is 96.1 Å². The summed E-state index contributed by atoms with van der Waals surface area (Å²) in [5, 5.41) is 47.4. The van der Waals surface area contributed by atoms with Crippen molar-refractivity contribution >= 4 is 0 Å². The zero-order chi connectivity index (χ0) is 34.2. The van der Waals surface area contributed by atoms with Crippen molar-refractivity contribution in [1.82, 2.24) is 0 Å². The zero-order valence-electron chi connectivity index (χ0n) is 28.1. The van der Waals surface area contributed by atoms with Crippen LogP contribution >= 0.6 is 0 Å². The van der Waals surface area contributed by atoms with E-state index in [0.29, 0.717) is 17.2 Å². The molecule has 0 atom stereocenters. The van der Waals surface area contributed by atoms with E-state index in [2.05, 4.69) is 53.7 Å². The number of aromatic hydroxyl groups is 5. The van der Waals surface area contributed by atoms with Crippen molar-refractivity contribution in [3.05, 3.63) is 149 Å². The van der Waals surface area contributed by atoms with E-state index < -0.39 is 0 Å². The van der Waals surface area contributed by atoms with Crippen LogP contribution < -0.4 is 0 Å². The largest absolute Gasteiger partial charge is 0.508 e. The molecule has 0 radical (unpaired) electrons. The summed E-state index contributed by atoms with van der Waals surface area (Å²) in [4.78, 5) is 0. The highest BCUT2D eigenvalue weighted by Crippen LogP contribution is 2.63. The van der Waals surface area contributed by atoms with Crippen LogP contribution in [0.25, 0.3) is 0 Å². The average Bonchev–Trinajstić information content (AvgIpc) is 3.37. The lowest BCUT2D eigenvalue weighted by atomic mass is 9.72. The minimum Gasteiger partial charge on any atom is -0.508 e. The Morgan fingerprint density at radius 1 is 0.426 bits per heavy atom. The van der Waals surface area contributed by atoms with Gasteiger partial charge in [0.1, 0.15) is 28.7 Å². The zero-order valence-corrected chi connectivity index (χ0v) is 28.1. The second-order valence-corrected chi connectivity index (χ2v) is 14.7. The molecular weight excluding hydrogens is 584 g/mol. The summed E-state index contributed by atoms with van der Waals surface area (Å²) >= 11 is 0. The van der Waals surface area contributed by atoms with Gasteiger partial charge in [-0.05, 0) is 118 Å². The highest BCUT2D eigenvalue weighted by atomic mass is 16.3. The fraction of sp³-hybridized carbons (Fsp3) is 0.286. The van der Waals surface area contributed by atoms with E-state index in [1.54, 1.807) is 60.7 Å². The molecule has 0 aliphatic heterocycles. The number of phenolic OH excluding ortho intramolecular Hbond substituents is 5. The third kappa shape index (κ3) is 6.66. The molecule has 0 saturated heterocycles. The van der Waals surface area contributed by atoms with Crippen molar-refractivity contribution in [1.29, 1.82) is 0 Å². The summed E-state index contributed by atoms with van der Waals surface area (Å²) in [6, 6.07) is 34.8. The van der Waals surface area contributed by atoms with Crippen LogP contribution in [0.1, 0.15) is 87.8 Å². The lowest BCUT2D eigenvalue weighted by molar-refractivity contribution is 0.348. The summed E-state index contributed by atoms with van der Waals surface area (Å²) in [5.74, 6) is 1.52. The summed E-state index contributed by atoms with van der Waals surface area (Å²) in [5.41, 5.74) is 7.22. The maximum atomic E-state index is 10.1. The molecule has 5 aromatic rings. The lowest BCUT2D eigenvalue weighted by Gasteiger charge is -2.30. The number of para-hydroxylation sites is 1. The van der Waals surface area contributed by atoms with Crippen molar-refractivity contribution in [2.75, 3.05) is 0 Å². The molecule has 5 aromatic carbocycles. The van der Waals surface area contributed by atoms with Gasteiger partial charge in [0.2, 0.25) is 0 Å². The third-order valence-electron chi connectivity index (χ3n) is 9.92. The molecule has 7 rings (SSSR count). The van der Waals surface area contributed by atoms with Gasteiger partial charge in [0.05, 0.1) is 0 Å². The SMILES string of the molecule is CC(C)(c1ccc(O)cc1)c1ccc(O)cc1.CC1(C)CC2(CC(C)(C)c3ccc(O)cc32)c2cc(O)ccc21.Oc1ccccc1. The van der Waals surface area contributed by atoms with Gasteiger partial charge >= 0.3 is 0 Å². The van der Waals surface area contributed by atoms with E-state index in [4.69, 9.17) is 5.11 Å². The molecule has 244 valence electrons. The van der Waals surface area contributed by atoms with Crippen LogP contribution in [0, 0.1) is 0 Å². The molecule has 2 aliphatic rings. The van der Waals surface area contributed by atoms with Crippen LogP contribution in [-0.4, -0.2) is 25.5 Å². The fourth-order valence-electron chi connectivity index (χ4n) is 7.68. The molecular formula is C42H46O5. The molecule has 0 unspecified atom stereocenters. The van der Waals surface area contributed by atoms with Crippen LogP contribution in [-0.2, 0) is 21.7 Å². The van der Waals surface area contributed by atoms with E-state index in [1.165, 1.54) is 22.3 Å². The standard InChI is InChI=1S/C21H24O2.C15H16O2.C6H6O/c1-19(2)11-21(17-9-13(22)5-7-15(17)19)12-20(3,4)16-8-6-14(23)10-18(16)21;1-15(2,11-3-7-13(16)8-4-11)12-5-9-14(17)10-6-12;7-6-4-2-1-3-5-6/h5-10,22-23H,11-12H2,1-4H3;3-10,16-17H,1-2H3;1-5,7H. The molecule has 2 aliphatic carbocycles. The van der Waals surface area contributed by atoms with E-state index in [9.17, 15) is 20.4 Å². The van der Waals surface area contributed by atoms with Gasteiger partial charge in [0.15, 0.2) is 0 Å². The monoisotopic (exact) mass is 630 g/mol. The normalized spacial score (nSPS) is 16.2. The van der Waals surface area contributed by atoms with Gasteiger partial charge in [-0.15, -0.1) is 0 Å². The first-order valence-corrected chi connectivity index (χ1v) is 16.1. The molecule has 1 spiro atoms. The topological polar surface area (TPSA) is 101 Å². The molecule has 0 bridgehead atoms. The summed E-state index contributed by atoms with van der Waals surface area (Å²) in [6.07, 6.45) is 2.03. The molecule has 0 fully saturated rings. The number of benzene rings is 5. The molecule has 0 aromatic heterocycles. The predicted molar refractivity (Wildman–Crippen MR) is 189 cm³/mol. The molecule has 0 amide bonds. The second-order valence-electron chi connectivity index (χ2n) is 14.7. The molecule has 5 heteroatoms. The van der Waals surface area contributed by atoms with Crippen LogP contribution in [0.2, 0.25) is 0 Å². The van der Waals surface area contributed by atoms with Crippen molar-refractivity contribution in [2.45, 2.75) is 76.0 Å². The Morgan fingerprint density at radius 2 is 0.766 bits per heavy atom. The van der Waals surface area contributed by atoms with Crippen molar-refractivity contribution in [3.8, 4) is 28.7 Å². The Balaban J connectivity index is 0.000000158. The van der Waals surface area contributed by atoms with Gasteiger partial charge in [-0.25, -0.2) is 0 Å². The third-order valence-corrected chi connectivity index (χ3v) is 9.92. The maximum absolute atomic E-state index is 10.1. The van der Waals surface area contributed by atoms with E-state index in [0.717, 1.165) is 24.0 Å². The Hall–Kier alpha value is -4.90. The van der Waals surface area contributed by atoms with Gasteiger partial charge in [0, 0.05) is 10.8 Å². The Kier molecular flexibility index (Phi) is 8.81. The van der Waals surface area contributed by atoms with Gasteiger partial charge in [-0.3, -0.25) is 0 Å². The Labute approximate surface area is 278 Å². The second kappa shape index (κ2) is 12.4. The molecule has 0 heterocycles. The van der Waals surface area contributed by atoms with Crippen molar-refractivity contribution in [3.63, 3.8) is 0 Å². The number of hydrogen-bond donors (Lipinski definition) is 5. The summed E-state index contributed by atoms with van der Waals surface area (Å²) in [7, 11) is 0. The van der Waals surface area contributed by atoms with Crippen LogP contribution in [0.5, 0.6) is 28.7 Å². The molecule has 5 nitrogen and oxygen atoms in total. The van der Waals surface area contributed by atoms with E-state index in [1.807, 2.05) is 42.5 Å². The Morgan fingerprint density at radius 3 is 1.11 bits per heavy atom. The Bertz CT molecular complexity index is 1720. The van der Waals surface area contributed by atoms with Crippen LogP contribution in [0.4, 0.5) is 0 Å². The van der Waals surface area contributed by atoms with Gasteiger partial charge < -0.3 is 25.5 Å². The minimum absolute atomic E-state index is 0.0617. The summed E-state index contributed by atoms with van der Waals surface area (Å²) in [6.45, 7) is 13.4. The minimum atomic E-state index is -0.151. The van der Waals surface area contributed by atoms with Crippen molar-refractivity contribution in [2.24, 2.45) is 0 Å². The summed E-state index contributed by atoms with van der Waals surface area (Å²) < 4.78 is 0. The fourth-order valence-corrected chi connectivity index (χ4v) is 7.68. The van der Waals surface area contributed by atoms with Gasteiger partial charge in [0.25, 0.3) is 0 Å². The van der Waals surface area contributed by atoms with E-state index in [-0.39, 0.29) is 33.2 Å². The van der Waals surface area contributed by atoms with Crippen LogP contribution in [0.3, 0.4) is 0 Å². The quantitative estimate of drug-likeness (QED) is 0.134. The first-order chi connectivity index (χ1) is 22.0. The first kappa shape index (κ1) is 33.5. The number of rotatable bonds is 2. The lowest BCUT2D eigenvalue weighted by Crippen LogP contribution is -2.26. The predicted octanol–water partition coefficient (Wildman–Crippen LogP) is 9.56. The van der Waals surface area contributed by atoms with E-state index >= 15 is 0 Å². The first-order valence-electron chi connectivity index (χ1n) is 16.1. The number of phenols is 5. The maximum Gasteiger partial charge on any atom is 0.115 e. The average molecular weight is 631 g/mol. The number of hydrogen-bond acceptors (Lipinski definition) is 5. The van der Waals surface area contributed by atoms with Crippen molar-refractivity contribution < 1.29 is 25.5 Å². The number of fused-ring (bicyclic) bond motifs is 4. The molecule has 5 N–H and O–H groups in total. The van der Waals surface area contributed by atoms with Crippen LogP contribution in [0.15, 0.2) is 115 Å². The smallest absolute Gasteiger partial charge is 0.115 e.